The molecule has 1 aromatic rings. The van der Waals surface area contributed by atoms with E-state index in [4.69, 9.17) is 0 Å². The minimum atomic E-state index is -4.25. The van der Waals surface area contributed by atoms with Gasteiger partial charge in [0, 0.05) is 19.7 Å². The maximum absolute atomic E-state index is 12.3. The van der Waals surface area contributed by atoms with Crippen LogP contribution in [0.15, 0.2) is 0 Å². The van der Waals surface area contributed by atoms with E-state index < -0.39 is 12.7 Å². The molecule has 7 heteroatoms. The number of anilines is 2. The number of nitrogens with zero attached hydrogens (tertiary/aromatic N) is 3. The van der Waals surface area contributed by atoms with Crippen LogP contribution in [0, 0.1) is 13.8 Å². The Bertz CT molecular complexity index is 403. The molecule has 0 aliphatic carbocycles. The molecule has 0 bridgehead atoms. The van der Waals surface area contributed by atoms with Crippen LogP contribution in [0.4, 0.5) is 24.8 Å². The van der Waals surface area contributed by atoms with Crippen LogP contribution < -0.4 is 10.2 Å². The lowest BCUT2D eigenvalue weighted by Gasteiger charge is -2.22. The lowest BCUT2D eigenvalue weighted by Crippen LogP contribution is -2.32. The summed E-state index contributed by atoms with van der Waals surface area (Å²) in [6.07, 6.45) is -4.25. The van der Waals surface area contributed by atoms with E-state index in [1.807, 2.05) is 0 Å². The summed E-state index contributed by atoms with van der Waals surface area (Å²) in [6.45, 7) is 2.30. The van der Waals surface area contributed by atoms with Crippen molar-refractivity contribution >= 4 is 11.6 Å². The molecule has 0 saturated heterocycles. The standard InChI is InChI=1S/C10H15F3N4/c1-6-8(14-3)15-7(2)16-9(6)17(4)5-10(11,12)13/h5H2,1-4H3,(H,14,15,16). The molecule has 4 nitrogen and oxygen atoms in total. The van der Waals surface area contributed by atoms with Crippen LogP contribution in [0.5, 0.6) is 0 Å². The van der Waals surface area contributed by atoms with Crippen molar-refractivity contribution < 1.29 is 13.2 Å². The summed E-state index contributed by atoms with van der Waals surface area (Å²) in [5, 5.41) is 2.84. The van der Waals surface area contributed by atoms with Crippen molar-refractivity contribution in [2.24, 2.45) is 0 Å². The van der Waals surface area contributed by atoms with Gasteiger partial charge in [0.25, 0.3) is 0 Å². The molecule has 1 N–H and O–H groups in total. The summed E-state index contributed by atoms with van der Waals surface area (Å²) >= 11 is 0. The van der Waals surface area contributed by atoms with Crippen LogP contribution >= 0.6 is 0 Å². The Morgan fingerprint density at radius 3 is 2.29 bits per heavy atom. The first-order valence-electron chi connectivity index (χ1n) is 5.05. The van der Waals surface area contributed by atoms with E-state index in [0.717, 1.165) is 4.90 Å². The zero-order valence-electron chi connectivity index (χ0n) is 10.2. The largest absolute Gasteiger partial charge is 0.405 e. The van der Waals surface area contributed by atoms with Gasteiger partial charge in [-0.25, -0.2) is 9.97 Å². The second-order valence-corrected chi connectivity index (χ2v) is 3.79. The zero-order valence-corrected chi connectivity index (χ0v) is 10.2. The monoisotopic (exact) mass is 248 g/mol. The zero-order chi connectivity index (χ0) is 13.2. The highest BCUT2D eigenvalue weighted by Crippen LogP contribution is 2.25. The number of aryl methyl sites for hydroxylation is 1. The lowest BCUT2D eigenvalue weighted by molar-refractivity contribution is -0.119. The van der Waals surface area contributed by atoms with Crippen LogP contribution in [-0.2, 0) is 0 Å². The predicted molar refractivity (Wildman–Crippen MR) is 60.4 cm³/mol. The number of rotatable bonds is 3. The first-order valence-corrected chi connectivity index (χ1v) is 5.05. The fourth-order valence-corrected chi connectivity index (χ4v) is 1.57. The van der Waals surface area contributed by atoms with Crippen molar-refractivity contribution in [2.75, 3.05) is 30.9 Å². The predicted octanol–water partition coefficient (Wildman–Crippen LogP) is 2.13. The smallest absolute Gasteiger partial charge is 0.373 e. The minimum Gasteiger partial charge on any atom is -0.373 e. The Kier molecular flexibility index (Phi) is 3.79. The van der Waals surface area contributed by atoms with Gasteiger partial charge in [0.2, 0.25) is 0 Å². The first-order chi connectivity index (χ1) is 7.74. The Hall–Kier alpha value is -1.53. The first kappa shape index (κ1) is 13.5. The SMILES string of the molecule is CNc1nc(C)nc(N(C)CC(F)(F)F)c1C. The highest BCUT2D eigenvalue weighted by atomic mass is 19.4. The van der Waals surface area contributed by atoms with Crippen LogP contribution in [0.3, 0.4) is 0 Å². The summed E-state index contributed by atoms with van der Waals surface area (Å²) in [4.78, 5) is 9.22. The summed E-state index contributed by atoms with van der Waals surface area (Å²) in [7, 11) is 3.03. The third-order valence-electron chi connectivity index (χ3n) is 2.25. The third kappa shape index (κ3) is 3.47. The van der Waals surface area contributed by atoms with Gasteiger partial charge in [-0.05, 0) is 13.8 Å². The number of hydrogen-bond acceptors (Lipinski definition) is 4. The van der Waals surface area contributed by atoms with E-state index in [-0.39, 0.29) is 0 Å². The molecule has 17 heavy (non-hydrogen) atoms. The molecule has 0 radical (unpaired) electrons. The third-order valence-corrected chi connectivity index (χ3v) is 2.25. The molecule has 0 amide bonds. The van der Waals surface area contributed by atoms with Crippen molar-refractivity contribution in [3.8, 4) is 0 Å². The molecular weight excluding hydrogens is 233 g/mol. The summed E-state index contributed by atoms with van der Waals surface area (Å²) in [6, 6.07) is 0. The molecule has 1 rings (SSSR count). The van der Waals surface area contributed by atoms with E-state index in [2.05, 4.69) is 15.3 Å². The molecule has 96 valence electrons. The molecule has 1 heterocycles. The number of alkyl halides is 3. The fourth-order valence-electron chi connectivity index (χ4n) is 1.57. The van der Waals surface area contributed by atoms with Crippen LogP contribution in [0.1, 0.15) is 11.4 Å². The van der Waals surface area contributed by atoms with Crippen LogP contribution in [-0.4, -0.2) is 36.8 Å². The van der Waals surface area contributed by atoms with E-state index in [9.17, 15) is 13.2 Å². The molecule has 0 spiro atoms. The second-order valence-electron chi connectivity index (χ2n) is 3.79. The Balaban J connectivity index is 3.09. The Morgan fingerprint density at radius 1 is 1.24 bits per heavy atom. The molecule has 0 atom stereocenters. The van der Waals surface area contributed by atoms with Gasteiger partial charge in [-0.1, -0.05) is 0 Å². The van der Waals surface area contributed by atoms with Gasteiger partial charge in [-0.15, -0.1) is 0 Å². The molecule has 0 aromatic carbocycles. The van der Waals surface area contributed by atoms with E-state index in [1.54, 1.807) is 20.9 Å². The van der Waals surface area contributed by atoms with Gasteiger partial charge in [0.15, 0.2) is 0 Å². The molecule has 0 aliphatic rings. The summed E-state index contributed by atoms with van der Waals surface area (Å²) < 4.78 is 36.9. The fraction of sp³-hybridized carbons (Fsp3) is 0.600. The number of nitrogens with one attached hydrogen (secondary N) is 1. The number of aromatic nitrogens is 2. The molecule has 0 aliphatic heterocycles. The van der Waals surface area contributed by atoms with Gasteiger partial charge in [-0.3, -0.25) is 0 Å². The average Bonchev–Trinajstić information content (AvgIpc) is 2.18. The highest BCUT2D eigenvalue weighted by molar-refractivity contribution is 5.58. The van der Waals surface area contributed by atoms with Crippen molar-refractivity contribution in [2.45, 2.75) is 20.0 Å². The minimum absolute atomic E-state index is 0.291. The van der Waals surface area contributed by atoms with E-state index in [0.29, 0.717) is 23.0 Å². The van der Waals surface area contributed by atoms with Crippen molar-refractivity contribution in [3.05, 3.63) is 11.4 Å². The van der Waals surface area contributed by atoms with E-state index >= 15 is 0 Å². The molecular formula is C10H15F3N4. The van der Waals surface area contributed by atoms with Gasteiger partial charge >= 0.3 is 6.18 Å². The number of hydrogen-bond donors (Lipinski definition) is 1. The molecule has 1 aromatic heterocycles. The molecule has 0 unspecified atom stereocenters. The number of halogens is 3. The maximum atomic E-state index is 12.3. The van der Waals surface area contributed by atoms with Crippen molar-refractivity contribution in [3.63, 3.8) is 0 Å². The Morgan fingerprint density at radius 2 is 1.82 bits per heavy atom. The quantitative estimate of drug-likeness (QED) is 0.889. The van der Waals surface area contributed by atoms with Gasteiger partial charge in [0.1, 0.15) is 24.0 Å². The maximum Gasteiger partial charge on any atom is 0.405 e. The normalized spacial score (nSPS) is 11.5. The molecule has 0 saturated carbocycles. The van der Waals surface area contributed by atoms with Crippen LogP contribution in [0.2, 0.25) is 0 Å². The van der Waals surface area contributed by atoms with Crippen molar-refractivity contribution in [1.82, 2.24) is 9.97 Å². The van der Waals surface area contributed by atoms with Gasteiger partial charge in [-0.2, -0.15) is 13.2 Å². The lowest BCUT2D eigenvalue weighted by atomic mass is 10.3. The molecule has 0 fully saturated rings. The highest BCUT2D eigenvalue weighted by Gasteiger charge is 2.30. The van der Waals surface area contributed by atoms with E-state index in [1.165, 1.54) is 7.05 Å². The van der Waals surface area contributed by atoms with Crippen molar-refractivity contribution in [1.29, 1.82) is 0 Å². The van der Waals surface area contributed by atoms with Crippen LogP contribution in [0.25, 0.3) is 0 Å². The second kappa shape index (κ2) is 4.77. The Labute approximate surface area is 97.9 Å². The average molecular weight is 248 g/mol. The van der Waals surface area contributed by atoms with Gasteiger partial charge in [0.05, 0.1) is 0 Å². The topological polar surface area (TPSA) is 41.1 Å². The van der Waals surface area contributed by atoms with Gasteiger partial charge < -0.3 is 10.2 Å². The summed E-state index contributed by atoms with van der Waals surface area (Å²) in [5.74, 6) is 1.27. The summed E-state index contributed by atoms with van der Waals surface area (Å²) in [5.41, 5.74) is 0.602.